The van der Waals surface area contributed by atoms with E-state index in [1.54, 1.807) is 97.9 Å². The highest BCUT2D eigenvalue weighted by atomic mass is 16.6. The Balaban J connectivity index is 1.95. The van der Waals surface area contributed by atoms with Crippen LogP contribution < -0.4 is 0 Å². The lowest BCUT2D eigenvalue weighted by Gasteiger charge is -2.29. The molecule has 0 aliphatic heterocycles. The van der Waals surface area contributed by atoms with Crippen LogP contribution in [0.3, 0.4) is 0 Å². The molecule has 0 N–H and O–H groups in total. The third kappa shape index (κ3) is 10.7. The van der Waals surface area contributed by atoms with E-state index in [4.69, 9.17) is 33.2 Å². The van der Waals surface area contributed by atoms with Crippen LogP contribution in [0, 0.1) is 5.92 Å². The number of hydrogen-bond donors (Lipinski definition) is 0. The van der Waals surface area contributed by atoms with Crippen LogP contribution in [0.4, 0.5) is 0 Å². The van der Waals surface area contributed by atoms with Gasteiger partial charge in [0, 0.05) is 21.3 Å². The Morgan fingerprint density at radius 1 is 0.511 bits per heavy atom. The van der Waals surface area contributed by atoms with Gasteiger partial charge in [0.25, 0.3) is 0 Å². The largest absolute Gasteiger partial charge is 0.461 e. The second-order valence-electron chi connectivity index (χ2n) is 10.6. The normalized spacial score (nSPS) is 14.8. The zero-order chi connectivity index (χ0) is 34.2. The number of benzene rings is 3. The maximum Gasteiger partial charge on any atom is 0.340 e. The number of rotatable bonds is 18. The van der Waals surface area contributed by atoms with Crippen molar-refractivity contribution in [2.45, 2.75) is 50.8 Å². The standard InChI is InChI=1S/C36H42O11/c1-6-24(2)33(37)44-22-28(46-35(39)31(42-4)26-18-12-8-13-19-26)29(47-36(40)32(43-5)27-20-14-9-15-21-27)23-45-34(38)30(41-3)25-16-10-7-11-17-25/h7-21,24,28-32H,6,22-23H2,1-5H3/t24-,28+,29+,30-,31-,32-/m0/s1. The number of hydrogen-bond acceptors (Lipinski definition) is 11. The van der Waals surface area contributed by atoms with E-state index >= 15 is 0 Å². The summed E-state index contributed by atoms with van der Waals surface area (Å²) in [5, 5.41) is 0. The molecule has 3 aromatic rings. The third-order valence-electron chi connectivity index (χ3n) is 7.40. The summed E-state index contributed by atoms with van der Waals surface area (Å²) in [5.41, 5.74) is 1.54. The van der Waals surface area contributed by atoms with Gasteiger partial charge in [0.15, 0.2) is 30.5 Å². The first kappa shape index (κ1) is 36.9. The fraction of sp³-hybridized carbons (Fsp3) is 0.389. The predicted molar refractivity (Wildman–Crippen MR) is 170 cm³/mol. The monoisotopic (exact) mass is 650 g/mol. The molecule has 0 saturated carbocycles. The number of carbonyl (C=O) groups is 4. The first-order valence-corrected chi connectivity index (χ1v) is 15.2. The van der Waals surface area contributed by atoms with Gasteiger partial charge in [-0.15, -0.1) is 0 Å². The molecule has 0 amide bonds. The molecule has 11 nitrogen and oxygen atoms in total. The Bertz CT molecular complexity index is 1400. The summed E-state index contributed by atoms with van der Waals surface area (Å²) in [7, 11) is 4.03. The summed E-state index contributed by atoms with van der Waals surface area (Å²) in [5.74, 6) is -3.49. The van der Waals surface area contributed by atoms with Crippen LogP contribution in [-0.4, -0.2) is 70.6 Å². The minimum Gasteiger partial charge on any atom is -0.461 e. The van der Waals surface area contributed by atoms with Crippen LogP contribution in [0.1, 0.15) is 55.3 Å². The fourth-order valence-corrected chi connectivity index (χ4v) is 4.56. The fourth-order valence-electron chi connectivity index (χ4n) is 4.56. The minimum atomic E-state index is -1.44. The number of ether oxygens (including phenoxy) is 7. The van der Waals surface area contributed by atoms with Gasteiger partial charge < -0.3 is 33.2 Å². The Labute approximate surface area is 275 Å². The van der Waals surface area contributed by atoms with E-state index in [2.05, 4.69) is 0 Å². The highest BCUT2D eigenvalue weighted by molar-refractivity contribution is 5.79. The molecule has 0 aliphatic rings. The van der Waals surface area contributed by atoms with E-state index in [-0.39, 0.29) is 0 Å². The van der Waals surface area contributed by atoms with E-state index in [1.807, 2.05) is 6.92 Å². The van der Waals surface area contributed by atoms with Crippen molar-refractivity contribution in [3.8, 4) is 0 Å². The van der Waals surface area contributed by atoms with Gasteiger partial charge in [-0.2, -0.15) is 0 Å². The molecular weight excluding hydrogens is 608 g/mol. The van der Waals surface area contributed by atoms with Crippen LogP contribution in [0.2, 0.25) is 0 Å². The molecule has 0 bridgehead atoms. The van der Waals surface area contributed by atoms with Crippen molar-refractivity contribution >= 4 is 23.9 Å². The maximum absolute atomic E-state index is 13.6. The Morgan fingerprint density at radius 2 is 0.830 bits per heavy atom. The van der Waals surface area contributed by atoms with E-state index in [0.29, 0.717) is 23.1 Å². The van der Waals surface area contributed by atoms with Crippen molar-refractivity contribution < 1.29 is 52.3 Å². The summed E-state index contributed by atoms with van der Waals surface area (Å²) >= 11 is 0. The number of methoxy groups -OCH3 is 3. The number of carbonyl (C=O) groups excluding carboxylic acids is 4. The lowest BCUT2D eigenvalue weighted by molar-refractivity contribution is -0.194. The van der Waals surface area contributed by atoms with E-state index < -0.39 is 73.5 Å². The summed E-state index contributed by atoms with van der Waals surface area (Å²) in [6.45, 7) is 2.43. The molecular formula is C36H42O11. The minimum absolute atomic E-state index is 0.453. The van der Waals surface area contributed by atoms with Crippen molar-refractivity contribution in [2.75, 3.05) is 34.5 Å². The van der Waals surface area contributed by atoms with Gasteiger partial charge in [-0.25, -0.2) is 14.4 Å². The van der Waals surface area contributed by atoms with Crippen LogP contribution in [0.25, 0.3) is 0 Å². The molecule has 0 spiro atoms. The molecule has 0 saturated heterocycles. The smallest absolute Gasteiger partial charge is 0.340 e. The Kier molecular flexibility index (Phi) is 15.0. The zero-order valence-electron chi connectivity index (χ0n) is 27.2. The molecule has 0 unspecified atom stereocenters. The van der Waals surface area contributed by atoms with Gasteiger partial charge in [0.1, 0.15) is 13.2 Å². The molecule has 0 fully saturated rings. The van der Waals surface area contributed by atoms with Gasteiger partial charge in [-0.3, -0.25) is 4.79 Å². The first-order chi connectivity index (χ1) is 22.7. The van der Waals surface area contributed by atoms with Crippen LogP contribution in [-0.2, 0) is 52.3 Å². The highest BCUT2D eigenvalue weighted by Gasteiger charge is 2.37. The molecule has 47 heavy (non-hydrogen) atoms. The van der Waals surface area contributed by atoms with Gasteiger partial charge in [0.05, 0.1) is 5.92 Å². The second kappa shape index (κ2) is 19.2. The number of esters is 4. The SMILES string of the molecule is CC[C@H](C)C(=O)OC[C@@H](OC(=O)[C@@H](OC)c1ccccc1)[C@@H](COC(=O)[C@@H](OC)c1ccccc1)OC(=O)[C@@H](OC)c1ccccc1. The molecule has 6 atom stereocenters. The first-order valence-electron chi connectivity index (χ1n) is 15.2. The van der Waals surface area contributed by atoms with Gasteiger partial charge >= 0.3 is 23.9 Å². The lowest BCUT2D eigenvalue weighted by atomic mass is 10.1. The van der Waals surface area contributed by atoms with Gasteiger partial charge in [-0.1, -0.05) is 105 Å². The topological polar surface area (TPSA) is 133 Å². The molecule has 11 heteroatoms. The zero-order valence-corrected chi connectivity index (χ0v) is 27.2. The lowest BCUT2D eigenvalue weighted by Crippen LogP contribution is -2.44. The molecule has 3 rings (SSSR count). The summed E-state index contributed by atoms with van der Waals surface area (Å²) in [6.07, 6.45) is -5.77. The van der Waals surface area contributed by atoms with Gasteiger partial charge in [-0.05, 0) is 23.1 Å². The summed E-state index contributed by atoms with van der Waals surface area (Å²) < 4.78 is 39.0. The average Bonchev–Trinajstić information content (AvgIpc) is 3.10. The third-order valence-corrected chi connectivity index (χ3v) is 7.40. The van der Waals surface area contributed by atoms with Crippen molar-refractivity contribution in [1.29, 1.82) is 0 Å². The van der Waals surface area contributed by atoms with E-state index in [1.165, 1.54) is 21.3 Å². The van der Waals surface area contributed by atoms with Crippen LogP contribution >= 0.6 is 0 Å². The predicted octanol–water partition coefficient (Wildman–Crippen LogP) is 5.11. The molecule has 0 aliphatic carbocycles. The second-order valence-corrected chi connectivity index (χ2v) is 10.6. The Morgan fingerprint density at radius 3 is 1.15 bits per heavy atom. The van der Waals surface area contributed by atoms with E-state index in [0.717, 1.165) is 0 Å². The Hall–Kier alpha value is -4.58. The van der Waals surface area contributed by atoms with Crippen molar-refractivity contribution in [3.05, 3.63) is 108 Å². The van der Waals surface area contributed by atoms with Crippen LogP contribution in [0.15, 0.2) is 91.0 Å². The summed E-state index contributed by atoms with van der Waals surface area (Å²) in [6, 6.07) is 25.9. The highest BCUT2D eigenvalue weighted by Crippen LogP contribution is 2.24. The maximum atomic E-state index is 13.6. The molecule has 0 heterocycles. The molecule has 3 aromatic carbocycles. The summed E-state index contributed by atoms with van der Waals surface area (Å²) in [4.78, 5) is 53.0. The molecule has 0 aromatic heterocycles. The molecule has 0 radical (unpaired) electrons. The van der Waals surface area contributed by atoms with Gasteiger partial charge in [0.2, 0.25) is 0 Å². The average molecular weight is 651 g/mol. The van der Waals surface area contributed by atoms with Crippen molar-refractivity contribution in [3.63, 3.8) is 0 Å². The van der Waals surface area contributed by atoms with E-state index in [9.17, 15) is 19.2 Å². The van der Waals surface area contributed by atoms with Crippen molar-refractivity contribution in [2.24, 2.45) is 5.92 Å². The van der Waals surface area contributed by atoms with Crippen LogP contribution in [0.5, 0.6) is 0 Å². The quantitative estimate of drug-likeness (QED) is 0.134. The molecule has 252 valence electrons. The van der Waals surface area contributed by atoms with Crippen molar-refractivity contribution in [1.82, 2.24) is 0 Å².